The van der Waals surface area contributed by atoms with Gasteiger partial charge in [-0.3, -0.25) is 9.48 Å². The van der Waals surface area contributed by atoms with Gasteiger partial charge in [0.05, 0.1) is 6.26 Å². The van der Waals surface area contributed by atoms with Gasteiger partial charge < -0.3 is 14.4 Å². The third-order valence-electron chi connectivity index (χ3n) is 3.64. The third kappa shape index (κ3) is 2.20. The molecule has 1 atom stereocenters. The zero-order chi connectivity index (χ0) is 15.0. The summed E-state index contributed by atoms with van der Waals surface area (Å²) in [6, 6.07) is 2.19. The predicted octanol–water partition coefficient (Wildman–Crippen LogP) is 1.32. The van der Waals surface area contributed by atoms with Crippen molar-refractivity contribution in [3.8, 4) is 0 Å². The highest BCUT2D eigenvalue weighted by Gasteiger charge is 2.38. The molecule has 0 aromatic carbocycles. The molecule has 0 saturated heterocycles. The van der Waals surface area contributed by atoms with Crippen molar-refractivity contribution < 1.29 is 19.1 Å². The number of aryl methyl sites for hydroxylation is 1. The van der Waals surface area contributed by atoms with Crippen molar-refractivity contribution in [2.24, 2.45) is 0 Å². The first-order valence-electron chi connectivity index (χ1n) is 6.75. The molecule has 1 aliphatic rings. The fourth-order valence-corrected chi connectivity index (χ4v) is 2.60. The van der Waals surface area contributed by atoms with Crippen molar-refractivity contribution >= 4 is 11.9 Å². The number of rotatable bonds is 3. The standard InChI is InChI=1S/C14H15N3O4/c1-2-16-6-3-10(15-16)13(18)17-7-4-11-9(5-8-21-11)12(17)14(19)20/h3,5-6,8,12H,2,4,7H2,1H3,(H,19,20). The lowest BCUT2D eigenvalue weighted by atomic mass is 9.99. The minimum absolute atomic E-state index is 0.259. The lowest BCUT2D eigenvalue weighted by Crippen LogP contribution is -2.43. The lowest BCUT2D eigenvalue weighted by molar-refractivity contribution is -0.143. The zero-order valence-corrected chi connectivity index (χ0v) is 11.5. The number of furan rings is 1. The van der Waals surface area contributed by atoms with Gasteiger partial charge in [0.15, 0.2) is 6.04 Å². The molecule has 110 valence electrons. The Morgan fingerprint density at radius 2 is 2.29 bits per heavy atom. The summed E-state index contributed by atoms with van der Waals surface area (Å²) in [4.78, 5) is 25.4. The molecule has 0 spiro atoms. The van der Waals surface area contributed by atoms with E-state index in [1.165, 1.54) is 11.2 Å². The second-order valence-corrected chi connectivity index (χ2v) is 4.85. The van der Waals surface area contributed by atoms with Crippen LogP contribution < -0.4 is 0 Å². The van der Waals surface area contributed by atoms with Crippen LogP contribution in [0.3, 0.4) is 0 Å². The van der Waals surface area contributed by atoms with Crippen molar-refractivity contribution in [2.45, 2.75) is 25.9 Å². The number of hydrogen-bond acceptors (Lipinski definition) is 4. The number of hydrogen-bond donors (Lipinski definition) is 1. The Balaban J connectivity index is 1.94. The molecule has 21 heavy (non-hydrogen) atoms. The van der Waals surface area contributed by atoms with Gasteiger partial charge in [-0.25, -0.2) is 4.79 Å². The van der Waals surface area contributed by atoms with E-state index in [0.29, 0.717) is 30.8 Å². The lowest BCUT2D eigenvalue weighted by Gasteiger charge is -2.31. The maximum atomic E-state index is 12.5. The maximum Gasteiger partial charge on any atom is 0.331 e. The van der Waals surface area contributed by atoms with E-state index in [1.54, 1.807) is 23.0 Å². The molecular weight excluding hydrogens is 274 g/mol. The summed E-state index contributed by atoms with van der Waals surface area (Å²) in [5.41, 5.74) is 0.798. The van der Waals surface area contributed by atoms with Gasteiger partial charge in [0.25, 0.3) is 5.91 Å². The van der Waals surface area contributed by atoms with Gasteiger partial charge in [0.1, 0.15) is 11.5 Å². The Morgan fingerprint density at radius 3 is 2.95 bits per heavy atom. The smallest absolute Gasteiger partial charge is 0.331 e. The van der Waals surface area contributed by atoms with Crippen LogP contribution >= 0.6 is 0 Å². The van der Waals surface area contributed by atoms with Crippen molar-refractivity contribution in [2.75, 3.05) is 6.54 Å². The van der Waals surface area contributed by atoms with Gasteiger partial charge >= 0.3 is 5.97 Å². The predicted molar refractivity (Wildman–Crippen MR) is 71.7 cm³/mol. The molecular formula is C14H15N3O4. The Hall–Kier alpha value is -2.57. The van der Waals surface area contributed by atoms with E-state index in [0.717, 1.165) is 0 Å². The van der Waals surface area contributed by atoms with Gasteiger partial charge in [0.2, 0.25) is 0 Å². The molecule has 7 nitrogen and oxygen atoms in total. The molecule has 2 aromatic rings. The molecule has 7 heteroatoms. The maximum absolute atomic E-state index is 12.5. The molecule has 1 aliphatic heterocycles. The summed E-state index contributed by atoms with van der Waals surface area (Å²) in [5.74, 6) is -0.812. The van der Waals surface area contributed by atoms with E-state index in [1.807, 2.05) is 6.92 Å². The fraction of sp³-hybridized carbons (Fsp3) is 0.357. The number of carbonyl (C=O) groups is 2. The van der Waals surface area contributed by atoms with E-state index >= 15 is 0 Å². The summed E-state index contributed by atoms with van der Waals surface area (Å²) >= 11 is 0. The highest BCUT2D eigenvalue weighted by molar-refractivity contribution is 5.95. The molecule has 1 N–H and O–H groups in total. The van der Waals surface area contributed by atoms with E-state index in [4.69, 9.17) is 4.42 Å². The average Bonchev–Trinajstić information content (AvgIpc) is 3.13. The molecule has 2 aromatic heterocycles. The fourth-order valence-electron chi connectivity index (χ4n) is 2.60. The Bertz CT molecular complexity index is 688. The largest absolute Gasteiger partial charge is 0.479 e. The average molecular weight is 289 g/mol. The Morgan fingerprint density at radius 1 is 1.48 bits per heavy atom. The summed E-state index contributed by atoms with van der Waals surface area (Å²) in [6.45, 7) is 2.87. The van der Waals surface area contributed by atoms with Gasteiger partial charge in [-0.05, 0) is 19.1 Å². The van der Waals surface area contributed by atoms with Crippen molar-refractivity contribution in [1.82, 2.24) is 14.7 Å². The number of aromatic nitrogens is 2. The van der Waals surface area contributed by atoms with E-state index in [2.05, 4.69) is 5.10 Å². The second kappa shape index (κ2) is 5.08. The molecule has 0 saturated carbocycles. The van der Waals surface area contributed by atoms with Crippen LogP contribution in [0, 0.1) is 0 Å². The van der Waals surface area contributed by atoms with Crippen LogP contribution in [0.5, 0.6) is 0 Å². The third-order valence-corrected chi connectivity index (χ3v) is 3.64. The van der Waals surface area contributed by atoms with Crippen LogP contribution in [0.4, 0.5) is 0 Å². The van der Waals surface area contributed by atoms with Crippen LogP contribution in [-0.4, -0.2) is 38.2 Å². The first kappa shape index (κ1) is 13.4. The first-order chi connectivity index (χ1) is 10.1. The minimum atomic E-state index is -1.07. The molecule has 3 rings (SSSR count). The SMILES string of the molecule is CCn1ccc(C(=O)N2CCc3occc3C2C(=O)O)n1. The second-order valence-electron chi connectivity index (χ2n) is 4.85. The first-order valence-corrected chi connectivity index (χ1v) is 6.75. The molecule has 1 amide bonds. The van der Waals surface area contributed by atoms with Gasteiger partial charge in [-0.15, -0.1) is 0 Å². The number of aliphatic carboxylic acids is 1. The van der Waals surface area contributed by atoms with Crippen molar-refractivity contribution in [1.29, 1.82) is 0 Å². The Kier molecular flexibility index (Phi) is 3.25. The number of carboxylic acid groups (broad SMARTS) is 1. The van der Waals surface area contributed by atoms with Gasteiger partial charge in [-0.1, -0.05) is 0 Å². The number of amides is 1. The summed E-state index contributed by atoms with van der Waals surface area (Å²) < 4.78 is 6.91. The van der Waals surface area contributed by atoms with Crippen LogP contribution in [0.25, 0.3) is 0 Å². The van der Waals surface area contributed by atoms with E-state index in [9.17, 15) is 14.7 Å². The highest BCUT2D eigenvalue weighted by atomic mass is 16.4. The van der Waals surface area contributed by atoms with Crippen LogP contribution in [0.15, 0.2) is 29.0 Å². The van der Waals surface area contributed by atoms with Crippen molar-refractivity contribution in [3.05, 3.63) is 41.6 Å². The van der Waals surface area contributed by atoms with Crippen molar-refractivity contribution in [3.63, 3.8) is 0 Å². The number of nitrogens with zero attached hydrogens (tertiary/aromatic N) is 3. The number of carbonyl (C=O) groups excluding carboxylic acids is 1. The zero-order valence-electron chi connectivity index (χ0n) is 11.5. The summed E-state index contributed by atoms with van der Waals surface area (Å²) in [5, 5.41) is 13.6. The molecule has 0 aliphatic carbocycles. The molecule has 3 heterocycles. The summed E-state index contributed by atoms with van der Waals surface area (Å²) in [7, 11) is 0. The molecule has 0 bridgehead atoms. The molecule has 0 radical (unpaired) electrons. The normalized spacial score (nSPS) is 17.6. The Labute approximate surface area is 120 Å². The summed E-state index contributed by atoms with van der Waals surface area (Å²) in [6.07, 6.45) is 3.67. The minimum Gasteiger partial charge on any atom is -0.479 e. The topological polar surface area (TPSA) is 88.6 Å². The molecule has 1 unspecified atom stereocenters. The monoisotopic (exact) mass is 289 g/mol. The van der Waals surface area contributed by atoms with Crippen LogP contribution in [-0.2, 0) is 17.8 Å². The molecule has 0 fully saturated rings. The number of fused-ring (bicyclic) bond motifs is 1. The van der Waals surface area contributed by atoms with Gasteiger partial charge in [-0.2, -0.15) is 5.10 Å². The van der Waals surface area contributed by atoms with Crippen LogP contribution in [0.1, 0.15) is 34.8 Å². The van der Waals surface area contributed by atoms with Gasteiger partial charge in [0, 0.05) is 31.3 Å². The number of carboxylic acids is 1. The highest BCUT2D eigenvalue weighted by Crippen LogP contribution is 2.31. The van der Waals surface area contributed by atoms with E-state index in [-0.39, 0.29) is 11.6 Å². The van der Waals surface area contributed by atoms with Crippen LogP contribution in [0.2, 0.25) is 0 Å². The quantitative estimate of drug-likeness (QED) is 0.920. The van der Waals surface area contributed by atoms with E-state index < -0.39 is 12.0 Å².